The van der Waals surface area contributed by atoms with Gasteiger partial charge in [-0.05, 0) is 18.1 Å². The summed E-state index contributed by atoms with van der Waals surface area (Å²) in [4.78, 5) is 41.9. The van der Waals surface area contributed by atoms with Gasteiger partial charge >= 0.3 is 11.9 Å². The molecule has 4 atom stereocenters. The summed E-state index contributed by atoms with van der Waals surface area (Å²) in [5, 5.41) is 2.61. The minimum absolute atomic E-state index is 0.0633. The summed E-state index contributed by atoms with van der Waals surface area (Å²) in [7, 11) is 1.38. The predicted molar refractivity (Wildman–Crippen MR) is 156 cm³/mol. The summed E-state index contributed by atoms with van der Waals surface area (Å²) >= 11 is 0. The van der Waals surface area contributed by atoms with E-state index in [2.05, 4.69) is 10.3 Å². The molecule has 2 aromatic carbocycles. The van der Waals surface area contributed by atoms with Crippen molar-refractivity contribution in [3.05, 3.63) is 89.7 Å². The Morgan fingerprint density at radius 1 is 0.955 bits per heavy atom. The number of methoxy groups -OCH3 is 1. The van der Waals surface area contributed by atoms with Gasteiger partial charge in [0.15, 0.2) is 23.2 Å². The molecule has 12 nitrogen and oxygen atoms in total. The molecule has 0 spiro atoms. The van der Waals surface area contributed by atoms with Crippen molar-refractivity contribution < 1.29 is 47.5 Å². The highest BCUT2D eigenvalue weighted by Crippen LogP contribution is 2.30. The minimum Gasteiger partial charge on any atom is -0.493 e. The molecular formula is C32H36N2O10. The number of nitrogens with zero attached hydrogens (tertiary/aromatic N) is 1. The van der Waals surface area contributed by atoms with E-state index in [1.807, 2.05) is 60.7 Å². The smallest absolute Gasteiger partial charge is 0.331 e. The SMILES string of the molecule is COc1ccnc(C(=O)N[C@H]2COC[C@H](OCc3ccccc3)[C@@H](OCc3ccccc3)[C@@H](C)OC2=O)c1OCOC(C)=O. The van der Waals surface area contributed by atoms with Gasteiger partial charge in [0.1, 0.15) is 18.3 Å². The minimum atomic E-state index is -1.19. The number of hydrogen-bond donors (Lipinski definition) is 1. The molecule has 3 aromatic rings. The van der Waals surface area contributed by atoms with Gasteiger partial charge in [0.05, 0.1) is 33.5 Å². The fourth-order valence-corrected chi connectivity index (χ4v) is 4.42. The summed E-state index contributed by atoms with van der Waals surface area (Å²) in [6, 6.07) is 19.5. The summed E-state index contributed by atoms with van der Waals surface area (Å²) < 4.78 is 39.8. The number of carbonyl (C=O) groups excluding carboxylic acids is 3. The van der Waals surface area contributed by atoms with Gasteiger partial charge in [-0.2, -0.15) is 0 Å². The van der Waals surface area contributed by atoms with Crippen LogP contribution in [-0.2, 0) is 46.5 Å². The van der Waals surface area contributed by atoms with Crippen LogP contribution in [0.5, 0.6) is 11.5 Å². The van der Waals surface area contributed by atoms with E-state index in [4.69, 9.17) is 33.2 Å². The largest absolute Gasteiger partial charge is 0.493 e. The number of amides is 1. The lowest BCUT2D eigenvalue weighted by molar-refractivity contribution is -0.170. The van der Waals surface area contributed by atoms with Gasteiger partial charge in [-0.25, -0.2) is 9.78 Å². The molecule has 0 aliphatic carbocycles. The molecule has 1 N–H and O–H groups in total. The van der Waals surface area contributed by atoms with Gasteiger partial charge < -0.3 is 38.5 Å². The van der Waals surface area contributed by atoms with E-state index in [0.29, 0.717) is 6.61 Å². The zero-order valence-electron chi connectivity index (χ0n) is 24.8. The maximum absolute atomic E-state index is 13.3. The van der Waals surface area contributed by atoms with E-state index in [9.17, 15) is 14.4 Å². The molecule has 2 heterocycles. The van der Waals surface area contributed by atoms with Gasteiger partial charge in [0.25, 0.3) is 5.91 Å². The van der Waals surface area contributed by atoms with Crippen molar-refractivity contribution in [3.8, 4) is 11.5 Å². The molecule has 1 amide bonds. The molecule has 0 radical (unpaired) electrons. The Hall–Kier alpha value is -4.52. The first kappa shape index (κ1) is 32.4. The van der Waals surface area contributed by atoms with Crippen LogP contribution in [0.25, 0.3) is 0 Å². The second-order valence-electron chi connectivity index (χ2n) is 9.89. The van der Waals surface area contributed by atoms with E-state index < -0.39 is 49.0 Å². The molecule has 0 unspecified atom stereocenters. The number of carbonyl (C=O) groups is 3. The molecule has 1 fully saturated rings. The van der Waals surface area contributed by atoms with E-state index in [0.717, 1.165) is 11.1 Å². The first-order valence-electron chi connectivity index (χ1n) is 14.0. The molecular weight excluding hydrogens is 572 g/mol. The summed E-state index contributed by atoms with van der Waals surface area (Å²) in [6.07, 6.45) is -0.697. The summed E-state index contributed by atoms with van der Waals surface area (Å²) in [6.45, 7) is 2.86. The number of cyclic esters (lactones) is 1. The monoisotopic (exact) mass is 608 g/mol. The summed E-state index contributed by atoms with van der Waals surface area (Å²) in [5.74, 6) is -1.95. The molecule has 4 rings (SSSR count). The van der Waals surface area contributed by atoms with Crippen LogP contribution < -0.4 is 14.8 Å². The second-order valence-corrected chi connectivity index (χ2v) is 9.89. The maximum Gasteiger partial charge on any atom is 0.331 e. The topological polar surface area (TPSA) is 141 Å². The number of esters is 2. The quantitative estimate of drug-likeness (QED) is 0.239. The van der Waals surface area contributed by atoms with Crippen LogP contribution in [0.2, 0.25) is 0 Å². The molecule has 0 saturated carbocycles. The number of nitrogens with one attached hydrogen (secondary N) is 1. The molecule has 234 valence electrons. The fraction of sp³-hybridized carbons (Fsp3) is 0.375. The maximum atomic E-state index is 13.3. The van der Waals surface area contributed by atoms with Crippen molar-refractivity contribution in [2.45, 2.75) is 51.4 Å². The van der Waals surface area contributed by atoms with Crippen LogP contribution in [0.4, 0.5) is 0 Å². The molecule has 1 aromatic heterocycles. The van der Waals surface area contributed by atoms with Crippen molar-refractivity contribution in [3.63, 3.8) is 0 Å². The number of benzene rings is 2. The molecule has 44 heavy (non-hydrogen) atoms. The van der Waals surface area contributed by atoms with Gasteiger partial charge in [-0.3, -0.25) is 9.59 Å². The zero-order valence-corrected chi connectivity index (χ0v) is 24.8. The van der Waals surface area contributed by atoms with Crippen LogP contribution in [0.15, 0.2) is 72.9 Å². The van der Waals surface area contributed by atoms with Crippen LogP contribution in [-0.4, -0.2) is 74.3 Å². The third-order valence-corrected chi connectivity index (χ3v) is 6.65. The Balaban J connectivity index is 1.50. The third-order valence-electron chi connectivity index (χ3n) is 6.65. The summed E-state index contributed by atoms with van der Waals surface area (Å²) in [5.41, 5.74) is 1.71. The molecule has 1 saturated heterocycles. The first-order valence-corrected chi connectivity index (χ1v) is 14.0. The number of rotatable bonds is 12. The number of ether oxygens (including phenoxy) is 7. The van der Waals surface area contributed by atoms with Crippen LogP contribution >= 0.6 is 0 Å². The highest BCUT2D eigenvalue weighted by molar-refractivity contribution is 5.98. The van der Waals surface area contributed by atoms with Gasteiger partial charge in [-0.1, -0.05) is 60.7 Å². The number of hydrogen-bond acceptors (Lipinski definition) is 11. The van der Waals surface area contributed by atoms with Crippen molar-refractivity contribution in [1.29, 1.82) is 0 Å². The fourth-order valence-electron chi connectivity index (χ4n) is 4.42. The van der Waals surface area contributed by atoms with Gasteiger partial charge in [0.2, 0.25) is 6.79 Å². The van der Waals surface area contributed by atoms with Crippen molar-refractivity contribution in [2.75, 3.05) is 27.1 Å². The molecule has 12 heteroatoms. The van der Waals surface area contributed by atoms with Crippen molar-refractivity contribution >= 4 is 17.8 Å². The highest BCUT2D eigenvalue weighted by atomic mass is 16.7. The Labute approximate surface area is 255 Å². The van der Waals surface area contributed by atoms with Crippen molar-refractivity contribution in [2.24, 2.45) is 0 Å². The average Bonchev–Trinajstić information content (AvgIpc) is 3.08. The normalized spacial score (nSPS) is 20.3. The highest BCUT2D eigenvalue weighted by Gasteiger charge is 2.37. The zero-order chi connectivity index (χ0) is 31.3. The average molecular weight is 609 g/mol. The third kappa shape index (κ3) is 9.24. The van der Waals surface area contributed by atoms with E-state index in [1.54, 1.807) is 6.92 Å². The Morgan fingerprint density at radius 3 is 2.25 bits per heavy atom. The van der Waals surface area contributed by atoms with Crippen LogP contribution in [0, 0.1) is 0 Å². The van der Waals surface area contributed by atoms with E-state index >= 15 is 0 Å². The Kier molecular flexibility index (Phi) is 12.0. The number of aromatic nitrogens is 1. The van der Waals surface area contributed by atoms with E-state index in [-0.39, 0.29) is 37.0 Å². The first-order chi connectivity index (χ1) is 21.4. The van der Waals surface area contributed by atoms with Gasteiger partial charge in [0, 0.05) is 19.2 Å². The van der Waals surface area contributed by atoms with Gasteiger partial charge in [-0.15, -0.1) is 0 Å². The second kappa shape index (κ2) is 16.4. The molecule has 1 aliphatic heterocycles. The predicted octanol–water partition coefficient (Wildman–Crippen LogP) is 3.22. The molecule has 0 bridgehead atoms. The Bertz CT molecular complexity index is 1370. The van der Waals surface area contributed by atoms with Crippen molar-refractivity contribution in [1.82, 2.24) is 10.3 Å². The van der Waals surface area contributed by atoms with E-state index in [1.165, 1.54) is 26.3 Å². The standard InChI is InChI=1S/C32H36N2O10/c1-21-29(41-17-24-12-8-5-9-13-24)27(40-16-23-10-6-4-7-11-23)19-39-18-25(32(37)44-21)34-31(36)28-30(43-20-42-22(2)35)26(38-3)14-15-33-28/h4-15,21,25,27,29H,16-20H2,1-3H3,(H,34,36)/t21-,25+,27+,29+/m1/s1. The molecule has 1 aliphatic rings. The lowest BCUT2D eigenvalue weighted by Crippen LogP contribution is -2.47. The lowest BCUT2D eigenvalue weighted by atomic mass is 10.1. The lowest BCUT2D eigenvalue weighted by Gasteiger charge is -2.30. The van der Waals surface area contributed by atoms with Crippen LogP contribution in [0.1, 0.15) is 35.5 Å². The Morgan fingerprint density at radius 2 is 1.61 bits per heavy atom. The van der Waals surface area contributed by atoms with Crippen LogP contribution in [0.3, 0.4) is 0 Å². The number of pyridine rings is 1.